The van der Waals surface area contributed by atoms with Crippen molar-refractivity contribution in [3.8, 4) is 0 Å². The van der Waals surface area contributed by atoms with Gasteiger partial charge in [-0.3, -0.25) is 0 Å². The molecule has 112 valence electrons. The van der Waals surface area contributed by atoms with Gasteiger partial charge in [0.15, 0.2) is 0 Å². The second kappa shape index (κ2) is 5.74. The van der Waals surface area contributed by atoms with Crippen molar-refractivity contribution in [2.45, 2.75) is 64.6 Å². The zero-order valence-corrected chi connectivity index (χ0v) is 13.4. The molecule has 3 saturated carbocycles. The van der Waals surface area contributed by atoms with Gasteiger partial charge in [0.05, 0.1) is 12.3 Å². The predicted molar refractivity (Wildman–Crippen MR) is 82.5 cm³/mol. The summed E-state index contributed by atoms with van der Waals surface area (Å²) < 4.78 is 0. The van der Waals surface area contributed by atoms with Gasteiger partial charge in [-0.15, -0.1) is 11.3 Å². The molecule has 3 aliphatic carbocycles. The molecule has 1 heterocycles. The van der Waals surface area contributed by atoms with Crippen molar-refractivity contribution in [3.63, 3.8) is 0 Å². The van der Waals surface area contributed by atoms with Crippen LogP contribution in [0.15, 0.2) is 5.38 Å². The minimum atomic E-state index is 0.0499. The van der Waals surface area contributed by atoms with E-state index in [0.29, 0.717) is 0 Å². The van der Waals surface area contributed by atoms with Gasteiger partial charge in [0.1, 0.15) is 5.01 Å². The second-order valence-corrected chi connectivity index (χ2v) is 8.20. The highest BCUT2D eigenvalue weighted by Crippen LogP contribution is 2.47. The molecule has 4 rings (SSSR count). The van der Waals surface area contributed by atoms with Crippen LogP contribution in [0.1, 0.15) is 56.7 Å². The normalized spacial score (nSPS) is 37.0. The Balaban J connectivity index is 1.61. The molecular formula is C16H26N2OS. The maximum Gasteiger partial charge on any atom is 0.107 e. The van der Waals surface area contributed by atoms with E-state index in [1.54, 1.807) is 11.3 Å². The highest BCUT2D eigenvalue weighted by atomic mass is 32.1. The van der Waals surface area contributed by atoms with Crippen LogP contribution < -0.4 is 5.32 Å². The first kappa shape index (κ1) is 14.5. The molecule has 1 aromatic heterocycles. The van der Waals surface area contributed by atoms with E-state index in [1.165, 1.54) is 32.1 Å². The highest BCUT2D eigenvalue weighted by Gasteiger charge is 2.40. The van der Waals surface area contributed by atoms with Gasteiger partial charge < -0.3 is 10.4 Å². The Kier molecular flexibility index (Phi) is 4.16. The predicted octanol–water partition coefficient (Wildman–Crippen LogP) is 3.33. The van der Waals surface area contributed by atoms with Crippen LogP contribution in [-0.4, -0.2) is 15.6 Å². The van der Waals surface area contributed by atoms with E-state index < -0.39 is 0 Å². The smallest absolute Gasteiger partial charge is 0.107 e. The lowest BCUT2D eigenvalue weighted by molar-refractivity contribution is 0.0702. The van der Waals surface area contributed by atoms with E-state index in [0.717, 1.165) is 35.0 Å². The van der Waals surface area contributed by atoms with E-state index in [4.69, 9.17) is 5.11 Å². The van der Waals surface area contributed by atoms with Gasteiger partial charge in [0.2, 0.25) is 0 Å². The Labute approximate surface area is 125 Å². The maximum absolute atomic E-state index is 9.09. The lowest BCUT2D eigenvalue weighted by Gasteiger charge is -2.47. The van der Waals surface area contributed by atoms with Crippen LogP contribution in [0.4, 0.5) is 0 Å². The second-order valence-electron chi connectivity index (χ2n) is 7.26. The fourth-order valence-corrected chi connectivity index (χ4v) is 5.04. The fourth-order valence-electron chi connectivity index (χ4n) is 4.31. The van der Waals surface area contributed by atoms with Crippen LogP contribution in [0.3, 0.4) is 0 Å². The largest absolute Gasteiger partial charge is 0.390 e. The standard InChI is InChI=1S/C16H26N2OS/c1-11-3-12-4-13(5-12)7-16(2,6-11)17-8-15-18-14(9-19)10-20-15/h10-13,17,19H,3-9H2,1-2H3. The zero-order chi connectivity index (χ0) is 14.2. The SMILES string of the molecule is CC1CC2CC(C2)CC(C)(NCc2nc(CO)cs2)C1. The molecule has 3 aliphatic rings. The van der Waals surface area contributed by atoms with Crippen molar-refractivity contribution in [2.24, 2.45) is 17.8 Å². The number of nitrogens with one attached hydrogen (secondary N) is 1. The summed E-state index contributed by atoms with van der Waals surface area (Å²) in [6.45, 7) is 5.69. The van der Waals surface area contributed by atoms with Gasteiger partial charge in [-0.2, -0.15) is 0 Å². The summed E-state index contributed by atoms with van der Waals surface area (Å²) in [6.07, 6.45) is 6.91. The third kappa shape index (κ3) is 3.23. The quantitative estimate of drug-likeness (QED) is 0.895. The van der Waals surface area contributed by atoms with Crippen molar-refractivity contribution in [3.05, 3.63) is 16.1 Å². The number of nitrogens with zero attached hydrogens (tertiary/aromatic N) is 1. The molecule has 2 atom stereocenters. The lowest BCUT2D eigenvalue weighted by Crippen LogP contribution is -2.48. The lowest BCUT2D eigenvalue weighted by atomic mass is 9.62. The van der Waals surface area contributed by atoms with Gasteiger partial charge >= 0.3 is 0 Å². The molecule has 0 spiro atoms. The molecule has 0 aliphatic heterocycles. The molecule has 3 fully saturated rings. The summed E-state index contributed by atoms with van der Waals surface area (Å²) in [5.41, 5.74) is 1.05. The van der Waals surface area contributed by atoms with Crippen molar-refractivity contribution >= 4 is 11.3 Å². The third-order valence-corrected chi connectivity index (χ3v) is 5.93. The molecule has 20 heavy (non-hydrogen) atoms. The molecule has 0 amide bonds. The topological polar surface area (TPSA) is 45.2 Å². The van der Waals surface area contributed by atoms with Crippen LogP contribution in [0.2, 0.25) is 0 Å². The monoisotopic (exact) mass is 294 g/mol. The number of thiazole rings is 1. The summed E-state index contributed by atoms with van der Waals surface area (Å²) >= 11 is 1.65. The minimum absolute atomic E-state index is 0.0499. The molecule has 3 nitrogen and oxygen atoms in total. The number of aliphatic hydroxyl groups is 1. The number of hydrogen-bond donors (Lipinski definition) is 2. The van der Waals surface area contributed by atoms with Crippen molar-refractivity contribution in [1.82, 2.24) is 10.3 Å². The number of rotatable bonds is 4. The number of fused-ring (bicyclic) bond motifs is 4. The Morgan fingerprint density at radius 3 is 2.85 bits per heavy atom. The first-order valence-corrected chi connectivity index (χ1v) is 8.73. The Morgan fingerprint density at radius 1 is 1.35 bits per heavy atom. The van der Waals surface area contributed by atoms with Gasteiger partial charge in [0, 0.05) is 17.5 Å². The fraction of sp³-hybridized carbons (Fsp3) is 0.812. The average Bonchev–Trinajstić information content (AvgIpc) is 2.79. The van der Waals surface area contributed by atoms with E-state index in [9.17, 15) is 0 Å². The van der Waals surface area contributed by atoms with E-state index in [-0.39, 0.29) is 12.1 Å². The average molecular weight is 294 g/mol. The zero-order valence-electron chi connectivity index (χ0n) is 12.6. The van der Waals surface area contributed by atoms with Crippen molar-refractivity contribution in [1.29, 1.82) is 0 Å². The molecule has 1 aromatic rings. The Hall–Kier alpha value is -0.450. The van der Waals surface area contributed by atoms with Crippen molar-refractivity contribution < 1.29 is 5.11 Å². The third-order valence-electron chi connectivity index (χ3n) is 5.03. The highest BCUT2D eigenvalue weighted by molar-refractivity contribution is 7.09. The summed E-state index contributed by atoms with van der Waals surface area (Å²) in [7, 11) is 0. The van der Waals surface area contributed by atoms with Gasteiger partial charge in [0.25, 0.3) is 0 Å². The molecule has 2 bridgehead atoms. The summed E-state index contributed by atoms with van der Waals surface area (Å²) in [5, 5.41) is 15.9. The van der Waals surface area contributed by atoms with E-state index in [1.807, 2.05) is 5.38 Å². The number of aliphatic hydroxyl groups excluding tert-OH is 1. The Bertz CT molecular complexity index is 451. The minimum Gasteiger partial charge on any atom is -0.390 e. The van der Waals surface area contributed by atoms with Crippen molar-refractivity contribution in [2.75, 3.05) is 0 Å². The summed E-state index contributed by atoms with van der Waals surface area (Å²) in [6, 6.07) is 0. The van der Waals surface area contributed by atoms with Gasteiger partial charge in [-0.05, 0) is 56.8 Å². The number of hydrogen-bond acceptors (Lipinski definition) is 4. The van der Waals surface area contributed by atoms with Gasteiger partial charge in [-0.25, -0.2) is 4.98 Å². The van der Waals surface area contributed by atoms with Gasteiger partial charge in [-0.1, -0.05) is 6.92 Å². The number of aromatic nitrogens is 1. The molecule has 0 radical (unpaired) electrons. The molecule has 2 N–H and O–H groups in total. The Morgan fingerprint density at radius 2 is 2.15 bits per heavy atom. The summed E-state index contributed by atoms with van der Waals surface area (Å²) in [5.74, 6) is 2.78. The molecule has 0 aromatic carbocycles. The molecule has 0 saturated heterocycles. The van der Waals surface area contributed by atoms with Crippen LogP contribution in [0, 0.1) is 17.8 Å². The summed E-state index contributed by atoms with van der Waals surface area (Å²) in [4.78, 5) is 4.44. The first-order chi connectivity index (χ1) is 9.56. The molecular weight excluding hydrogens is 268 g/mol. The van der Waals surface area contributed by atoms with Crippen LogP contribution in [-0.2, 0) is 13.2 Å². The molecule has 2 unspecified atom stereocenters. The first-order valence-electron chi connectivity index (χ1n) is 7.85. The van der Waals surface area contributed by atoms with Crippen LogP contribution in [0.25, 0.3) is 0 Å². The maximum atomic E-state index is 9.09. The van der Waals surface area contributed by atoms with E-state index >= 15 is 0 Å². The van der Waals surface area contributed by atoms with Crippen LogP contribution >= 0.6 is 11.3 Å². The van der Waals surface area contributed by atoms with Crippen LogP contribution in [0.5, 0.6) is 0 Å². The van der Waals surface area contributed by atoms with E-state index in [2.05, 4.69) is 24.1 Å². The molecule has 4 heteroatoms.